The van der Waals surface area contributed by atoms with Crippen molar-refractivity contribution in [2.75, 3.05) is 0 Å². The molecule has 1 unspecified atom stereocenters. The van der Waals surface area contributed by atoms with Crippen LogP contribution in [0.3, 0.4) is 0 Å². The normalized spacial score (nSPS) is 18.1. The van der Waals surface area contributed by atoms with Crippen LogP contribution in [0.15, 0.2) is 36.5 Å². The van der Waals surface area contributed by atoms with Gasteiger partial charge in [-0.3, -0.25) is 0 Å². The minimum Gasteiger partial charge on any atom is -0.323 e. The number of hydrogen-bond donors (Lipinski definition) is 1. The third-order valence-corrected chi connectivity index (χ3v) is 4.19. The van der Waals surface area contributed by atoms with Crippen molar-refractivity contribution in [2.45, 2.75) is 44.6 Å². The van der Waals surface area contributed by atoms with E-state index in [1.54, 1.807) is 11.0 Å². The third-order valence-electron chi connectivity index (χ3n) is 4.19. The van der Waals surface area contributed by atoms with Crippen LogP contribution >= 0.6 is 0 Å². The van der Waals surface area contributed by atoms with Crippen LogP contribution in [0.2, 0.25) is 0 Å². The highest BCUT2D eigenvalue weighted by molar-refractivity contribution is 5.28. The smallest absolute Gasteiger partial charge is 0.0998 e. The molecule has 2 aromatic rings. The molecular formula is C16H22N4. The Labute approximate surface area is 120 Å². The molecule has 4 nitrogen and oxygen atoms in total. The lowest BCUT2D eigenvalue weighted by Gasteiger charge is -2.23. The lowest BCUT2D eigenvalue weighted by atomic mass is 9.84. The number of aromatic nitrogens is 3. The van der Waals surface area contributed by atoms with Crippen molar-refractivity contribution in [3.05, 3.63) is 42.2 Å². The average Bonchev–Trinajstić information content (AvgIpc) is 2.99. The zero-order valence-electron chi connectivity index (χ0n) is 11.8. The molecule has 1 aliphatic rings. The Bertz CT molecular complexity index is 528. The lowest BCUT2D eigenvalue weighted by Crippen LogP contribution is -2.18. The van der Waals surface area contributed by atoms with E-state index in [0.29, 0.717) is 0 Å². The van der Waals surface area contributed by atoms with E-state index < -0.39 is 0 Å². The fraction of sp³-hybridized carbons (Fsp3) is 0.500. The number of benzene rings is 1. The summed E-state index contributed by atoms with van der Waals surface area (Å²) in [6, 6.07) is 9.96. The van der Waals surface area contributed by atoms with E-state index >= 15 is 0 Å². The first kappa shape index (κ1) is 13.3. The highest BCUT2D eigenvalue weighted by atomic mass is 15.5. The van der Waals surface area contributed by atoms with Crippen molar-refractivity contribution in [3.8, 4) is 5.69 Å². The lowest BCUT2D eigenvalue weighted by molar-refractivity contribution is 0.317. The minimum absolute atomic E-state index is 0.00978. The van der Waals surface area contributed by atoms with Gasteiger partial charge in [-0.1, -0.05) is 50.3 Å². The molecular weight excluding hydrogens is 248 g/mol. The van der Waals surface area contributed by atoms with Crippen LogP contribution in [0.1, 0.15) is 50.3 Å². The molecule has 4 heteroatoms. The fourth-order valence-electron chi connectivity index (χ4n) is 3.03. The zero-order valence-corrected chi connectivity index (χ0v) is 11.8. The van der Waals surface area contributed by atoms with Crippen molar-refractivity contribution < 1.29 is 0 Å². The van der Waals surface area contributed by atoms with Crippen molar-refractivity contribution in [3.63, 3.8) is 0 Å². The molecule has 1 heterocycles. The Morgan fingerprint density at radius 1 is 1.15 bits per heavy atom. The molecule has 0 saturated heterocycles. The summed E-state index contributed by atoms with van der Waals surface area (Å²) in [7, 11) is 0. The second-order valence-electron chi connectivity index (χ2n) is 5.74. The summed E-state index contributed by atoms with van der Waals surface area (Å²) in [5, 5.41) is 8.85. The summed E-state index contributed by atoms with van der Waals surface area (Å²) in [6.07, 6.45) is 9.58. The molecule has 3 rings (SSSR count). The predicted molar refractivity (Wildman–Crippen MR) is 79.5 cm³/mol. The summed E-state index contributed by atoms with van der Waals surface area (Å²) < 4.78 is 0. The van der Waals surface area contributed by atoms with E-state index in [9.17, 15) is 0 Å². The number of hydrogen-bond acceptors (Lipinski definition) is 3. The molecule has 20 heavy (non-hydrogen) atoms. The van der Waals surface area contributed by atoms with Crippen molar-refractivity contribution in [2.24, 2.45) is 11.7 Å². The highest BCUT2D eigenvalue weighted by Crippen LogP contribution is 2.30. The van der Waals surface area contributed by atoms with Crippen LogP contribution in [0.4, 0.5) is 0 Å². The minimum atomic E-state index is 0.00978. The Kier molecular flexibility index (Phi) is 4.11. The maximum atomic E-state index is 6.30. The summed E-state index contributed by atoms with van der Waals surface area (Å²) >= 11 is 0. The first-order valence-corrected chi connectivity index (χ1v) is 7.56. The maximum absolute atomic E-state index is 6.30. The molecule has 106 valence electrons. The van der Waals surface area contributed by atoms with Crippen molar-refractivity contribution >= 4 is 0 Å². The van der Waals surface area contributed by atoms with Crippen LogP contribution in [0.25, 0.3) is 5.69 Å². The molecule has 1 aromatic carbocycles. The molecule has 0 radical (unpaired) electrons. The van der Waals surface area contributed by atoms with Gasteiger partial charge in [0, 0.05) is 0 Å². The predicted octanol–water partition coefficient (Wildman–Crippen LogP) is 3.24. The van der Waals surface area contributed by atoms with E-state index in [2.05, 4.69) is 10.2 Å². The van der Waals surface area contributed by atoms with Crippen LogP contribution in [0.5, 0.6) is 0 Å². The highest BCUT2D eigenvalue weighted by Gasteiger charge is 2.19. The van der Waals surface area contributed by atoms with Gasteiger partial charge in [0.2, 0.25) is 0 Å². The number of nitrogens with zero attached hydrogens (tertiary/aromatic N) is 3. The van der Waals surface area contributed by atoms with Crippen molar-refractivity contribution in [1.29, 1.82) is 0 Å². The Balaban J connectivity index is 1.66. The average molecular weight is 270 g/mol. The Morgan fingerprint density at radius 3 is 2.65 bits per heavy atom. The molecule has 1 fully saturated rings. The number of nitrogens with two attached hydrogens (primary N) is 1. The molecule has 0 spiro atoms. The van der Waals surface area contributed by atoms with Crippen LogP contribution < -0.4 is 5.73 Å². The van der Waals surface area contributed by atoms with Crippen LogP contribution in [0, 0.1) is 5.92 Å². The van der Waals surface area contributed by atoms with Gasteiger partial charge < -0.3 is 5.73 Å². The van der Waals surface area contributed by atoms with E-state index in [-0.39, 0.29) is 6.04 Å². The van der Waals surface area contributed by atoms with Gasteiger partial charge in [0.15, 0.2) is 0 Å². The summed E-state index contributed by atoms with van der Waals surface area (Å²) in [5.74, 6) is 0.764. The third kappa shape index (κ3) is 3.07. The van der Waals surface area contributed by atoms with E-state index in [4.69, 9.17) is 5.73 Å². The number of rotatable bonds is 4. The molecule has 2 N–H and O–H groups in total. The molecule has 0 bridgehead atoms. The molecule has 1 saturated carbocycles. The van der Waals surface area contributed by atoms with Gasteiger partial charge in [0.05, 0.1) is 23.6 Å². The molecule has 1 aliphatic carbocycles. The molecule has 0 amide bonds. The first-order chi connectivity index (χ1) is 9.83. The monoisotopic (exact) mass is 270 g/mol. The molecule has 0 aliphatic heterocycles. The largest absolute Gasteiger partial charge is 0.323 e. The van der Waals surface area contributed by atoms with E-state index in [1.807, 2.05) is 30.3 Å². The topological polar surface area (TPSA) is 56.7 Å². The Hall–Kier alpha value is -1.68. The number of para-hydroxylation sites is 1. The van der Waals surface area contributed by atoms with Gasteiger partial charge in [-0.05, 0) is 24.5 Å². The maximum Gasteiger partial charge on any atom is 0.0998 e. The second-order valence-corrected chi connectivity index (χ2v) is 5.74. The summed E-state index contributed by atoms with van der Waals surface area (Å²) in [6.45, 7) is 0. The van der Waals surface area contributed by atoms with Gasteiger partial charge in [-0.15, -0.1) is 0 Å². The van der Waals surface area contributed by atoms with Gasteiger partial charge >= 0.3 is 0 Å². The van der Waals surface area contributed by atoms with E-state index in [1.165, 1.54) is 32.1 Å². The zero-order chi connectivity index (χ0) is 13.8. The van der Waals surface area contributed by atoms with Crippen LogP contribution in [-0.2, 0) is 0 Å². The van der Waals surface area contributed by atoms with Crippen molar-refractivity contribution in [1.82, 2.24) is 15.0 Å². The summed E-state index contributed by atoms with van der Waals surface area (Å²) in [4.78, 5) is 1.66. The first-order valence-electron chi connectivity index (χ1n) is 7.56. The fourth-order valence-corrected chi connectivity index (χ4v) is 3.03. The molecule has 1 aromatic heterocycles. The van der Waals surface area contributed by atoms with Gasteiger partial charge in [0.25, 0.3) is 0 Å². The Morgan fingerprint density at radius 2 is 1.90 bits per heavy atom. The van der Waals surface area contributed by atoms with Gasteiger partial charge in [-0.2, -0.15) is 15.0 Å². The van der Waals surface area contributed by atoms with Gasteiger partial charge in [0.1, 0.15) is 0 Å². The SMILES string of the molecule is NC(CC1CCCCC1)c1cnn(-c2ccccc2)n1. The standard InChI is InChI=1S/C16H22N4/c17-15(11-13-7-3-1-4-8-13)16-12-18-20(19-16)14-9-5-2-6-10-14/h2,5-6,9-10,12-13,15H,1,3-4,7-8,11,17H2. The quantitative estimate of drug-likeness (QED) is 0.928. The molecule has 1 atom stereocenters. The van der Waals surface area contributed by atoms with Gasteiger partial charge in [-0.25, -0.2) is 0 Å². The van der Waals surface area contributed by atoms with Crippen LogP contribution in [-0.4, -0.2) is 15.0 Å². The second kappa shape index (κ2) is 6.18. The summed E-state index contributed by atoms with van der Waals surface area (Å²) in [5.41, 5.74) is 8.18. The van der Waals surface area contributed by atoms with E-state index in [0.717, 1.165) is 23.7 Å².